The number of aromatic amines is 1. The Bertz CT molecular complexity index is 652. The molecule has 1 heterocycles. The van der Waals surface area contributed by atoms with Crippen LogP contribution in [0.5, 0.6) is 0 Å². The maximum atomic E-state index is 12.0. The minimum absolute atomic E-state index is 0.0772. The lowest BCUT2D eigenvalue weighted by Crippen LogP contribution is -2.18. The van der Waals surface area contributed by atoms with E-state index in [1.54, 1.807) is 6.07 Å². The van der Waals surface area contributed by atoms with Crippen LogP contribution in [0.25, 0.3) is 0 Å². The number of amides is 2. The van der Waals surface area contributed by atoms with E-state index in [2.05, 4.69) is 15.5 Å². The predicted octanol–water partition coefficient (Wildman–Crippen LogP) is 0.996. The first-order chi connectivity index (χ1) is 8.99. The van der Waals surface area contributed by atoms with E-state index in [-0.39, 0.29) is 22.0 Å². The largest absolute Gasteiger partial charge is 0.399 e. The number of nitrogens with zero attached hydrogens (tertiary/aromatic N) is 1. The average Bonchev–Trinajstić information content (AvgIpc) is 2.80. The van der Waals surface area contributed by atoms with Gasteiger partial charge in [0.1, 0.15) is 11.4 Å². The van der Waals surface area contributed by atoms with Crippen molar-refractivity contribution >= 4 is 34.9 Å². The van der Waals surface area contributed by atoms with Crippen LogP contribution in [0.15, 0.2) is 24.4 Å². The van der Waals surface area contributed by atoms with Crippen molar-refractivity contribution in [2.24, 2.45) is 5.73 Å². The number of carbonyl (C=O) groups is 2. The molecule has 19 heavy (non-hydrogen) atoms. The molecule has 2 aromatic rings. The quantitative estimate of drug-likeness (QED) is 0.625. The second-order valence-electron chi connectivity index (χ2n) is 3.72. The highest BCUT2D eigenvalue weighted by Crippen LogP contribution is 2.20. The van der Waals surface area contributed by atoms with E-state index in [0.29, 0.717) is 5.69 Å². The number of benzene rings is 1. The molecule has 7 nitrogen and oxygen atoms in total. The zero-order valence-electron chi connectivity index (χ0n) is 9.61. The first kappa shape index (κ1) is 12.9. The molecule has 0 fully saturated rings. The standard InChI is InChI=1S/C11H10ClN5O2/c12-8-2-1-5(13)3-6(8)11(19)16-10-7(9(14)18)4-15-17-10/h1-4H,13H2,(H2,14,18)(H2,15,16,17,19). The molecule has 1 aromatic carbocycles. The lowest BCUT2D eigenvalue weighted by Gasteiger charge is -2.06. The van der Waals surface area contributed by atoms with Crippen LogP contribution in [0.1, 0.15) is 20.7 Å². The van der Waals surface area contributed by atoms with E-state index in [9.17, 15) is 9.59 Å². The molecular weight excluding hydrogens is 270 g/mol. The Morgan fingerprint density at radius 1 is 1.32 bits per heavy atom. The third-order valence-corrected chi connectivity index (χ3v) is 2.71. The van der Waals surface area contributed by atoms with Gasteiger partial charge in [0, 0.05) is 5.69 Å². The summed E-state index contributed by atoms with van der Waals surface area (Å²) >= 11 is 5.90. The number of nitrogen functional groups attached to an aromatic ring is 1. The molecule has 2 amide bonds. The number of hydrogen-bond acceptors (Lipinski definition) is 4. The Labute approximate surface area is 112 Å². The fourth-order valence-electron chi connectivity index (χ4n) is 1.47. The molecule has 8 heteroatoms. The normalized spacial score (nSPS) is 10.2. The Morgan fingerprint density at radius 3 is 2.74 bits per heavy atom. The first-order valence-corrected chi connectivity index (χ1v) is 5.56. The fraction of sp³-hybridized carbons (Fsp3) is 0. The third-order valence-electron chi connectivity index (χ3n) is 2.38. The molecule has 0 unspecified atom stereocenters. The summed E-state index contributed by atoms with van der Waals surface area (Å²) in [6.07, 6.45) is 1.22. The van der Waals surface area contributed by atoms with Crippen LogP contribution < -0.4 is 16.8 Å². The number of primary amides is 1. The summed E-state index contributed by atoms with van der Waals surface area (Å²) in [7, 11) is 0. The lowest BCUT2D eigenvalue weighted by molar-refractivity contribution is 0.100. The van der Waals surface area contributed by atoms with Crippen molar-refractivity contribution in [1.29, 1.82) is 0 Å². The van der Waals surface area contributed by atoms with Crippen LogP contribution in [0.2, 0.25) is 5.02 Å². The number of anilines is 2. The molecule has 0 aliphatic heterocycles. The average molecular weight is 280 g/mol. The van der Waals surface area contributed by atoms with Gasteiger partial charge in [-0.2, -0.15) is 5.10 Å². The minimum atomic E-state index is -0.706. The molecule has 1 aromatic heterocycles. The topological polar surface area (TPSA) is 127 Å². The molecule has 0 bridgehead atoms. The smallest absolute Gasteiger partial charge is 0.258 e. The summed E-state index contributed by atoms with van der Waals surface area (Å²) < 4.78 is 0. The van der Waals surface area contributed by atoms with E-state index in [4.69, 9.17) is 23.1 Å². The second-order valence-corrected chi connectivity index (χ2v) is 4.12. The summed E-state index contributed by atoms with van der Waals surface area (Å²) in [5, 5.41) is 8.80. The lowest BCUT2D eigenvalue weighted by atomic mass is 10.2. The van der Waals surface area contributed by atoms with Gasteiger partial charge in [0.15, 0.2) is 0 Å². The predicted molar refractivity (Wildman–Crippen MR) is 70.9 cm³/mol. The van der Waals surface area contributed by atoms with Crippen molar-refractivity contribution in [3.63, 3.8) is 0 Å². The van der Waals surface area contributed by atoms with Gasteiger partial charge < -0.3 is 16.8 Å². The van der Waals surface area contributed by atoms with Gasteiger partial charge in [0.2, 0.25) is 0 Å². The number of hydrogen-bond donors (Lipinski definition) is 4. The Balaban J connectivity index is 2.28. The van der Waals surface area contributed by atoms with Gasteiger partial charge in [-0.3, -0.25) is 14.7 Å². The van der Waals surface area contributed by atoms with Gasteiger partial charge >= 0.3 is 0 Å². The number of nitrogens with one attached hydrogen (secondary N) is 2. The van der Waals surface area contributed by atoms with Crippen molar-refractivity contribution in [3.8, 4) is 0 Å². The fourth-order valence-corrected chi connectivity index (χ4v) is 1.67. The van der Waals surface area contributed by atoms with Crippen LogP contribution in [0, 0.1) is 0 Å². The van der Waals surface area contributed by atoms with Crippen molar-refractivity contribution in [1.82, 2.24) is 10.2 Å². The highest BCUT2D eigenvalue weighted by atomic mass is 35.5. The molecule has 0 saturated carbocycles. The number of carbonyl (C=O) groups excluding carboxylic acids is 2. The van der Waals surface area contributed by atoms with Gasteiger partial charge in [0.05, 0.1) is 16.8 Å². The van der Waals surface area contributed by atoms with Gasteiger partial charge in [-0.25, -0.2) is 0 Å². The number of aromatic nitrogens is 2. The van der Waals surface area contributed by atoms with Crippen molar-refractivity contribution < 1.29 is 9.59 Å². The zero-order valence-corrected chi connectivity index (χ0v) is 10.4. The molecule has 0 saturated heterocycles. The highest BCUT2D eigenvalue weighted by Gasteiger charge is 2.16. The van der Waals surface area contributed by atoms with Gasteiger partial charge in [-0.15, -0.1) is 0 Å². The molecule has 6 N–H and O–H groups in total. The maximum Gasteiger partial charge on any atom is 0.258 e. The summed E-state index contributed by atoms with van der Waals surface area (Å²) in [4.78, 5) is 23.1. The van der Waals surface area contributed by atoms with E-state index < -0.39 is 11.8 Å². The summed E-state index contributed by atoms with van der Waals surface area (Å²) in [6.45, 7) is 0. The van der Waals surface area contributed by atoms with E-state index in [1.807, 2.05) is 0 Å². The van der Waals surface area contributed by atoms with Gasteiger partial charge in [-0.1, -0.05) is 11.6 Å². The Hall–Kier alpha value is -2.54. The maximum absolute atomic E-state index is 12.0. The molecular formula is C11H10ClN5O2. The monoisotopic (exact) mass is 279 g/mol. The molecule has 98 valence electrons. The molecule has 0 atom stereocenters. The van der Waals surface area contributed by atoms with Crippen LogP contribution in [0.3, 0.4) is 0 Å². The van der Waals surface area contributed by atoms with E-state index in [1.165, 1.54) is 18.3 Å². The van der Waals surface area contributed by atoms with E-state index >= 15 is 0 Å². The SMILES string of the molecule is NC(=O)c1cn[nH]c1NC(=O)c1cc(N)ccc1Cl. The Morgan fingerprint density at radius 2 is 2.05 bits per heavy atom. The summed E-state index contributed by atoms with van der Waals surface area (Å²) in [5.74, 6) is -1.12. The number of nitrogens with two attached hydrogens (primary N) is 2. The first-order valence-electron chi connectivity index (χ1n) is 5.18. The molecule has 0 radical (unpaired) electrons. The van der Waals surface area contributed by atoms with Crippen LogP contribution in [-0.4, -0.2) is 22.0 Å². The van der Waals surface area contributed by atoms with Gasteiger partial charge in [0.25, 0.3) is 11.8 Å². The number of rotatable bonds is 3. The van der Waals surface area contributed by atoms with Gasteiger partial charge in [-0.05, 0) is 18.2 Å². The van der Waals surface area contributed by atoms with Crippen LogP contribution in [-0.2, 0) is 0 Å². The Kier molecular flexibility index (Phi) is 3.39. The third kappa shape index (κ3) is 2.66. The highest BCUT2D eigenvalue weighted by molar-refractivity contribution is 6.34. The number of H-pyrrole nitrogens is 1. The van der Waals surface area contributed by atoms with Crippen molar-refractivity contribution in [3.05, 3.63) is 40.5 Å². The zero-order chi connectivity index (χ0) is 14.0. The second kappa shape index (κ2) is 4.99. The van der Waals surface area contributed by atoms with E-state index in [0.717, 1.165) is 0 Å². The molecule has 0 spiro atoms. The van der Waals surface area contributed by atoms with Crippen molar-refractivity contribution in [2.45, 2.75) is 0 Å². The number of halogens is 1. The minimum Gasteiger partial charge on any atom is -0.399 e. The molecule has 0 aliphatic carbocycles. The summed E-state index contributed by atoms with van der Waals surface area (Å²) in [5.41, 5.74) is 11.4. The van der Waals surface area contributed by atoms with Crippen molar-refractivity contribution in [2.75, 3.05) is 11.1 Å². The van der Waals surface area contributed by atoms with Crippen LogP contribution >= 0.6 is 11.6 Å². The molecule has 2 rings (SSSR count). The molecule has 0 aliphatic rings. The van der Waals surface area contributed by atoms with Crippen LogP contribution in [0.4, 0.5) is 11.5 Å². The summed E-state index contributed by atoms with van der Waals surface area (Å²) in [6, 6.07) is 4.51.